The third-order valence-electron chi connectivity index (χ3n) is 2.69. The fourth-order valence-corrected chi connectivity index (χ4v) is 1.83. The minimum Gasteiger partial charge on any atom is -0.507 e. The molecule has 0 saturated heterocycles. The lowest BCUT2D eigenvalue weighted by Crippen LogP contribution is -2.23. The van der Waals surface area contributed by atoms with Crippen LogP contribution in [0.5, 0.6) is 5.75 Å². The van der Waals surface area contributed by atoms with Gasteiger partial charge in [0.15, 0.2) is 5.11 Å². The van der Waals surface area contributed by atoms with Crippen LogP contribution >= 0.6 is 12.2 Å². The number of anilines is 1. The number of aromatic hydroxyl groups is 1. The zero-order valence-corrected chi connectivity index (χ0v) is 12.1. The Morgan fingerprint density at radius 1 is 1.19 bits per heavy atom. The summed E-state index contributed by atoms with van der Waals surface area (Å²) in [6, 6.07) is 14.6. The second-order valence-corrected chi connectivity index (χ2v) is 4.62. The summed E-state index contributed by atoms with van der Waals surface area (Å²) in [7, 11) is 0. The molecule has 0 atom stereocenters. The Labute approximate surface area is 128 Å². The predicted molar refractivity (Wildman–Crippen MR) is 91.6 cm³/mol. The maximum absolute atomic E-state index is 9.59. The van der Waals surface area contributed by atoms with E-state index in [1.54, 1.807) is 24.3 Å². The first-order valence-corrected chi connectivity index (χ1v) is 6.70. The molecule has 5 heteroatoms. The van der Waals surface area contributed by atoms with Crippen molar-refractivity contribution in [2.24, 2.45) is 5.10 Å². The number of hydrogen-bond donors (Lipinski definition) is 3. The van der Waals surface area contributed by atoms with E-state index in [1.165, 1.54) is 6.21 Å². The van der Waals surface area contributed by atoms with Gasteiger partial charge in [-0.2, -0.15) is 5.10 Å². The number of rotatable bonds is 4. The first-order chi connectivity index (χ1) is 10.2. The lowest BCUT2D eigenvalue weighted by Gasteiger charge is -2.07. The molecule has 0 radical (unpaired) electrons. The van der Waals surface area contributed by atoms with E-state index in [0.29, 0.717) is 10.7 Å². The highest BCUT2D eigenvalue weighted by molar-refractivity contribution is 7.80. The van der Waals surface area contributed by atoms with Gasteiger partial charge in [0.25, 0.3) is 0 Å². The van der Waals surface area contributed by atoms with Crippen molar-refractivity contribution in [3.05, 3.63) is 66.2 Å². The summed E-state index contributed by atoms with van der Waals surface area (Å²) < 4.78 is 0. The van der Waals surface area contributed by atoms with Crippen molar-refractivity contribution < 1.29 is 5.11 Å². The van der Waals surface area contributed by atoms with Crippen LogP contribution in [0.4, 0.5) is 5.69 Å². The number of nitrogens with zero attached hydrogens (tertiary/aromatic N) is 1. The third-order valence-corrected chi connectivity index (χ3v) is 2.88. The van der Waals surface area contributed by atoms with Gasteiger partial charge in [-0.1, -0.05) is 36.9 Å². The van der Waals surface area contributed by atoms with Gasteiger partial charge in [-0.05, 0) is 42.0 Å². The Kier molecular flexibility index (Phi) is 5.06. The first-order valence-electron chi connectivity index (χ1n) is 6.29. The number of thiocarbonyl (C=S) groups is 1. The molecule has 0 unspecified atom stereocenters. The molecular weight excluding hydrogens is 282 g/mol. The Bertz CT molecular complexity index is 683. The van der Waals surface area contributed by atoms with E-state index < -0.39 is 0 Å². The molecule has 0 fully saturated rings. The van der Waals surface area contributed by atoms with Gasteiger partial charge in [0.1, 0.15) is 5.75 Å². The molecule has 2 rings (SSSR count). The molecule has 0 aliphatic carbocycles. The number of hydrogen-bond acceptors (Lipinski definition) is 3. The van der Waals surface area contributed by atoms with E-state index in [9.17, 15) is 5.11 Å². The van der Waals surface area contributed by atoms with Crippen molar-refractivity contribution in [3.8, 4) is 5.75 Å². The number of phenolic OH excluding ortho intramolecular Hbond substituents is 1. The van der Waals surface area contributed by atoms with Crippen LogP contribution in [-0.2, 0) is 0 Å². The highest BCUT2D eigenvalue weighted by Gasteiger charge is 1.98. The average Bonchev–Trinajstić information content (AvgIpc) is 2.49. The molecule has 0 heterocycles. The summed E-state index contributed by atoms with van der Waals surface area (Å²) in [5.41, 5.74) is 5.16. The van der Waals surface area contributed by atoms with Crippen LogP contribution in [0.25, 0.3) is 6.08 Å². The van der Waals surface area contributed by atoms with Crippen LogP contribution in [0.1, 0.15) is 11.1 Å². The maximum Gasteiger partial charge on any atom is 0.191 e. The number of para-hydroxylation sites is 1. The first kappa shape index (κ1) is 14.7. The van der Waals surface area contributed by atoms with Gasteiger partial charge in [-0.3, -0.25) is 5.43 Å². The van der Waals surface area contributed by atoms with Gasteiger partial charge in [0.2, 0.25) is 0 Å². The van der Waals surface area contributed by atoms with Crippen LogP contribution in [0.3, 0.4) is 0 Å². The molecule has 2 aromatic rings. The van der Waals surface area contributed by atoms with Crippen LogP contribution in [-0.4, -0.2) is 16.4 Å². The smallest absolute Gasteiger partial charge is 0.191 e. The van der Waals surface area contributed by atoms with Crippen molar-refractivity contribution in [1.29, 1.82) is 0 Å². The second kappa shape index (κ2) is 7.21. The SMILES string of the molecule is C=Cc1cccc(NC(=S)NN=Cc2ccccc2O)c1. The molecule has 0 amide bonds. The topological polar surface area (TPSA) is 56.7 Å². The average molecular weight is 297 g/mol. The monoisotopic (exact) mass is 297 g/mol. The quantitative estimate of drug-likeness (QED) is 0.460. The summed E-state index contributed by atoms with van der Waals surface area (Å²) in [6.45, 7) is 3.72. The normalized spacial score (nSPS) is 10.3. The van der Waals surface area contributed by atoms with E-state index >= 15 is 0 Å². The standard InChI is InChI=1S/C16H15N3OS/c1-2-12-6-5-8-14(10-12)18-16(21)19-17-11-13-7-3-4-9-15(13)20/h2-11,20H,1H2,(H2,18,19,21). The Hall–Kier alpha value is -2.66. The van der Waals surface area contributed by atoms with Crippen LogP contribution in [0.2, 0.25) is 0 Å². The molecular formula is C16H15N3OS. The van der Waals surface area contributed by atoms with Crippen molar-refractivity contribution in [3.63, 3.8) is 0 Å². The number of benzene rings is 2. The summed E-state index contributed by atoms with van der Waals surface area (Å²) in [5.74, 6) is 0.167. The Balaban J connectivity index is 1.93. The molecule has 21 heavy (non-hydrogen) atoms. The number of phenols is 1. The van der Waals surface area contributed by atoms with Crippen LogP contribution < -0.4 is 10.7 Å². The van der Waals surface area contributed by atoms with Crippen molar-refractivity contribution in [2.75, 3.05) is 5.32 Å². The number of hydrazone groups is 1. The van der Waals surface area contributed by atoms with Gasteiger partial charge in [-0.15, -0.1) is 0 Å². The molecule has 0 spiro atoms. The number of nitrogens with one attached hydrogen (secondary N) is 2. The second-order valence-electron chi connectivity index (χ2n) is 4.21. The van der Waals surface area contributed by atoms with E-state index in [0.717, 1.165) is 11.3 Å². The third kappa shape index (κ3) is 4.43. The van der Waals surface area contributed by atoms with Crippen molar-refractivity contribution in [2.45, 2.75) is 0 Å². The van der Waals surface area contributed by atoms with Crippen molar-refractivity contribution in [1.82, 2.24) is 5.43 Å². The van der Waals surface area contributed by atoms with E-state index in [2.05, 4.69) is 22.4 Å². The van der Waals surface area contributed by atoms with Gasteiger partial charge in [0, 0.05) is 11.3 Å². The van der Waals surface area contributed by atoms with Crippen LogP contribution in [0, 0.1) is 0 Å². The minimum atomic E-state index is 0.167. The molecule has 0 aliphatic rings. The molecule has 2 aromatic carbocycles. The van der Waals surface area contributed by atoms with Gasteiger partial charge in [0.05, 0.1) is 6.21 Å². The zero-order chi connectivity index (χ0) is 15.1. The largest absolute Gasteiger partial charge is 0.507 e. The molecule has 4 nitrogen and oxygen atoms in total. The molecule has 106 valence electrons. The van der Waals surface area contributed by atoms with E-state index in [1.807, 2.05) is 30.3 Å². The zero-order valence-electron chi connectivity index (χ0n) is 11.3. The summed E-state index contributed by atoms with van der Waals surface area (Å²) in [4.78, 5) is 0. The molecule has 3 N–H and O–H groups in total. The fourth-order valence-electron chi connectivity index (χ4n) is 1.66. The Morgan fingerprint density at radius 2 is 2.00 bits per heavy atom. The van der Waals surface area contributed by atoms with E-state index in [4.69, 9.17) is 12.2 Å². The summed E-state index contributed by atoms with van der Waals surface area (Å²) in [5, 5.41) is 17.0. The van der Waals surface area contributed by atoms with Gasteiger partial charge >= 0.3 is 0 Å². The highest BCUT2D eigenvalue weighted by atomic mass is 32.1. The molecule has 0 bridgehead atoms. The summed E-state index contributed by atoms with van der Waals surface area (Å²) in [6.07, 6.45) is 3.27. The predicted octanol–water partition coefficient (Wildman–Crippen LogP) is 3.36. The molecule has 0 aliphatic heterocycles. The molecule has 0 aromatic heterocycles. The fraction of sp³-hybridized carbons (Fsp3) is 0. The van der Waals surface area contributed by atoms with Gasteiger partial charge in [-0.25, -0.2) is 0 Å². The summed E-state index contributed by atoms with van der Waals surface area (Å²) >= 11 is 5.14. The lowest BCUT2D eigenvalue weighted by atomic mass is 10.2. The van der Waals surface area contributed by atoms with Crippen molar-refractivity contribution >= 4 is 35.3 Å². The van der Waals surface area contributed by atoms with Gasteiger partial charge < -0.3 is 10.4 Å². The van der Waals surface area contributed by atoms with E-state index in [-0.39, 0.29) is 5.75 Å². The minimum absolute atomic E-state index is 0.167. The lowest BCUT2D eigenvalue weighted by molar-refractivity contribution is 0.474. The molecule has 0 saturated carbocycles. The maximum atomic E-state index is 9.59. The highest BCUT2D eigenvalue weighted by Crippen LogP contribution is 2.13. The Morgan fingerprint density at radius 3 is 2.76 bits per heavy atom. The van der Waals surface area contributed by atoms with Crippen LogP contribution in [0.15, 0.2) is 60.2 Å².